The number of primary amides is 1. The summed E-state index contributed by atoms with van der Waals surface area (Å²) >= 11 is 12.1. The van der Waals surface area contributed by atoms with Gasteiger partial charge < -0.3 is 41.5 Å². The van der Waals surface area contributed by atoms with Gasteiger partial charge in [-0.25, -0.2) is 4.79 Å². The van der Waals surface area contributed by atoms with Crippen LogP contribution in [0.15, 0.2) is 42.5 Å². The number of carboxylic acids is 1. The lowest BCUT2D eigenvalue weighted by atomic mass is 9.83. The molecule has 2 fully saturated rings. The number of carboxylic acid groups (broad SMARTS) is 1. The minimum atomic E-state index is -1.43. The summed E-state index contributed by atoms with van der Waals surface area (Å²) in [5.41, 5.74) is 5.25. The number of benzene rings is 2. The fourth-order valence-electron chi connectivity index (χ4n) is 6.85. The van der Waals surface area contributed by atoms with E-state index >= 15 is 0 Å². The molecule has 7 N–H and O–H groups in total. The molecule has 1 heterocycles. The highest BCUT2D eigenvalue weighted by molar-refractivity contribution is 6.42. The van der Waals surface area contributed by atoms with E-state index in [9.17, 15) is 43.8 Å². The molecule has 2 aliphatic rings. The van der Waals surface area contributed by atoms with Gasteiger partial charge in [-0.1, -0.05) is 86.1 Å². The summed E-state index contributed by atoms with van der Waals surface area (Å²) in [6.07, 6.45) is 1.76. The number of hydrogen-bond acceptors (Lipinski definition) is 9. The Morgan fingerprint density at radius 3 is 2.22 bits per heavy atom. The molecule has 0 spiro atoms. The van der Waals surface area contributed by atoms with Crippen molar-refractivity contribution in [2.45, 2.75) is 88.6 Å². The van der Waals surface area contributed by atoms with Crippen LogP contribution in [0.1, 0.15) is 90.7 Å². The van der Waals surface area contributed by atoms with Crippen molar-refractivity contribution in [2.75, 3.05) is 19.7 Å². The zero-order valence-electron chi connectivity index (χ0n) is 29.7. The monoisotopic (exact) mass is 789 g/mol. The summed E-state index contributed by atoms with van der Waals surface area (Å²) in [5.74, 6) is -6.80. The average Bonchev–Trinajstić information content (AvgIpc) is 3.55. The van der Waals surface area contributed by atoms with E-state index in [0.717, 1.165) is 36.3 Å². The van der Waals surface area contributed by atoms with Gasteiger partial charge in [0.05, 0.1) is 39.9 Å². The van der Waals surface area contributed by atoms with Gasteiger partial charge in [0.25, 0.3) is 17.7 Å². The predicted octanol–water partition coefficient (Wildman–Crippen LogP) is 2.55. The molecule has 2 unspecified atom stereocenters. The van der Waals surface area contributed by atoms with Crippen molar-refractivity contribution >= 4 is 64.5 Å². The number of aromatic carboxylic acids is 1. The molecule has 0 bridgehead atoms. The number of Topliss-reactive ketones (excluding diaryl/α,β-unsaturated/α-hetero) is 1. The van der Waals surface area contributed by atoms with Crippen molar-refractivity contribution < 1.29 is 48.5 Å². The van der Waals surface area contributed by atoms with Gasteiger partial charge in [-0.2, -0.15) is 0 Å². The van der Waals surface area contributed by atoms with E-state index in [1.54, 1.807) is 37.3 Å². The number of amides is 5. The smallest absolute Gasteiger partial charge is 0.336 e. The van der Waals surface area contributed by atoms with Gasteiger partial charge in [-0.3, -0.25) is 28.8 Å². The van der Waals surface area contributed by atoms with E-state index in [1.165, 1.54) is 0 Å². The van der Waals surface area contributed by atoms with Gasteiger partial charge >= 0.3 is 5.97 Å². The first-order valence-electron chi connectivity index (χ1n) is 17.8. The third kappa shape index (κ3) is 10.8. The molecule has 17 heteroatoms. The lowest BCUT2D eigenvalue weighted by Gasteiger charge is -2.35. The van der Waals surface area contributed by atoms with Gasteiger partial charge in [-0.15, -0.1) is 0 Å². The normalized spacial score (nSPS) is 18.9. The second-order valence-electron chi connectivity index (χ2n) is 13.4. The molecule has 4 rings (SSSR count). The number of nitrogens with one attached hydrogen (secondary N) is 3. The maximum atomic E-state index is 14.3. The van der Waals surface area contributed by atoms with Gasteiger partial charge in [0.2, 0.25) is 17.6 Å². The molecule has 0 aromatic heterocycles. The van der Waals surface area contributed by atoms with Crippen LogP contribution in [-0.4, -0.2) is 100 Å². The Kier molecular flexibility index (Phi) is 15.4. The molecule has 1 saturated carbocycles. The molecule has 54 heavy (non-hydrogen) atoms. The first kappa shape index (κ1) is 42.2. The van der Waals surface area contributed by atoms with Crippen molar-refractivity contribution in [1.82, 2.24) is 20.9 Å². The van der Waals surface area contributed by atoms with Crippen molar-refractivity contribution in [3.63, 3.8) is 0 Å². The number of likely N-dealkylation sites (tertiary alicyclic amines) is 1. The zero-order chi connectivity index (χ0) is 39.5. The number of ether oxygens (including phenoxy) is 1. The van der Waals surface area contributed by atoms with Crippen LogP contribution in [0.4, 0.5) is 0 Å². The number of carbonyl (C=O) groups excluding carboxylic acids is 6. The van der Waals surface area contributed by atoms with Gasteiger partial charge in [-0.05, 0) is 42.9 Å². The molecule has 15 nitrogen and oxygen atoms in total. The Morgan fingerprint density at radius 1 is 0.963 bits per heavy atom. The summed E-state index contributed by atoms with van der Waals surface area (Å²) in [6, 6.07) is 6.96. The number of rotatable bonds is 17. The Bertz CT molecular complexity index is 1720. The quantitative estimate of drug-likeness (QED) is 0.101. The SMILES string of the molecule is CCCC(NC(=O)[C@@H]1C[C@@H](O)CN1C(=O)[C@@H](NC(=O)c1cc(Cl)c(Cl)cc1C(=O)O)C1CCCCC1)C(=O)C(=O)NCCOC(C(N)=O)c1ccccc1. The molecule has 1 saturated heterocycles. The topological polar surface area (TPSA) is 235 Å². The Morgan fingerprint density at radius 2 is 1.61 bits per heavy atom. The Hall–Kier alpha value is -4.57. The fraction of sp³-hybridized carbons (Fsp3) is 0.486. The second-order valence-corrected chi connectivity index (χ2v) is 14.2. The van der Waals surface area contributed by atoms with Crippen molar-refractivity contribution in [3.05, 3.63) is 69.2 Å². The standard InChI is InChI=1S/C37H45Cl2N5O10/c1-2-9-27(30(46)35(50)41-14-15-54-31(32(40)47)21-12-7-4-8-13-21)42-34(49)28-16-22(45)19-44(28)36(51)29(20-10-5-3-6-11-20)43-33(48)23-17-25(38)26(39)18-24(23)37(52)53/h4,7-8,12-13,17-18,20,22,27-29,31,45H,2-3,5-6,9-11,14-16,19H2,1H3,(H2,40,47)(H,41,50)(H,42,49)(H,43,48)(H,52,53)/t22-,27?,28+,29+,31?/m1/s1. The van der Waals surface area contributed by atoms with Crippen LogP contribution in [0.3, 0.4) is 0 Å². The van der Waals surface area contributed by atoms with Gasteiger partial charge in [0.1, 0.15) is 12.1 Å². The highest BCUT2D eigenvalue weighted by Crippen LogP contribution is 2.31. The third-order valence-corrected chi connectivity index (χ3v) is 10.3. The van der Waals surface area contributed by atoms with Crippen LogP contribution in [0, 0.1) is 5.92 Å². The van der Waals surface area contributed by atoms with Gasteiger partial charge in [0, 0.05) is 19.5 Å². The van der Waals surface area contributed by atoms with E-state index < -0.39 is 77.2 Å². The van der Waals surface area contributed by atoms with E-state index in [-0.39, 0.29) is 54.1 Å². The Labute approximate surface area is 322 Å². The van der Waals surface area contributed by atoms with Crippen LogP contribution in [0.5, 0.6) is 0 Å². The zero-order valence-corrected chi connectivity index (χ0v) is 31.2. The highest BCUT2D eigenvalue weighted by Gasteiger charge is 2.44. The van der Waals surface area contributed by atoms with Crippen LogP contribution in [-0.2, 0) is 28.7 Å². The highest BCUT2D eigenvalue weighted by atomic mass is 35.5. The van der Waals surface area contributed by atoms with E-state index in [0.29, 0.717) is 24.8 Å². The molecule has 5 amide bonds. The number of aliphatic hydroxyl groups excluding tert-OH is 1. The van der Waals surface area contributed by atoms with E-state index in [2.05, 4.69) is 16.0 Å². The minimum Gasteiger partial charge on any atom is -0.478 e. The van der Waals surface area contributed by atoms with Crippen molar-refractivity contribution in [2.24, 2.45) is 11.7 Å². The fourth-order valence-corrected chi connectivity index (χ4v) is 7.17. The summed E-state index contributed by atoms with van der Waals surface area (Å²) in [7, 11) is 0. The molecule has 292 valence electrons. The number of nitrogens with two attached hydrogens (primary N) is 1. The van der Waals surface area contributed by atoms with Crippen LogP contribution >= 0.6 is 23.2 Å². The number of nitrogens with zero attached hydrogens (tertiary/aromatic N) is 1. The maximum Gasteiger partial charge on any atom is 0.336 e. The van der Waals surface area contributed by atoms with E-state index in [1.807, 2.05) is 0 Å². The number of aliphatic hydroxyl groups is 1. The van der Waals surface area contributed by atoms with Crippen LogP contribution in [0.2, 0.25) is 10.0 Å². The summed E-state index contributed by atoms with van der Waals surface area (Å²) in [5, 5.41) is 27.9. The first-order valence-corrected chi connectivity index (χ1v) is 18.6. The van der Waals surface area contributed by atoms with Gasteiger partial charge in [0.15, 0.2) is 6.10 Å². The Balaban J connectivity index is 1.45. The number of carbonyl (C=O) groups is 7. The summed E-state index contributed by atoms with van der Waals surface area (Å²) in [6.45, 7) is 1.22. The molecule has 2 aromatic carbocycles. The number of ketones is 1. The molecular formula is C37H45Cl2N5O10. The van der Waals surface area contributed by atoms with Crippen LogP contribution < -0.4 is 21.7 Å². The second kappa shape index (κ2) is 19.7. The predicted molar refractivity (Wildman–Crippen MR) is 197 cm³/mol. The molecule has 5 atom stereocenters. The lowest BCUT2D eigenvalue weighted by Crippen LogP contribution is -2.58. The molecule has 0 radical (unpaired) electrons. The van der Waals surface area contributed by atoms with Crippen LogP contribution in [0.25, 0.3) is 0 Å². The maximum absolute atomic E-state index is 14.3. The van der Waals surface area contributed by atoms with Crippen molar-refractivity contribution in [1.29, 1.82) is 0 Å². The number of halogens is 2. The minimum absolute atomic E-state index is 0.0651. The lowest BCUT2D eigenvalue weighted by molar-refractivity contribution is -0.143. The summed E-state index contributed by atoms with van der Waals surface area (Å²) < 4.78 is 5.55. The molecular weight excluding hydrogens is 745 g/mol. The first-order chi connectivity index (χ1) is 25.7. The van der Waals surface area contributed by atoms with E-state index in [4.69, 9.17) is 33.7 Å². The summed E-state index contributed by atoms with van der Waals surface area (Å²) in [4.78, 5) is 92.7. The third-order valence-electron chi connectivity index (χ3n) is 9.54. The average molecular weight is 791 g/mol. The molecule has 1 aliphatic carbocycles. The largest absolute Gasteiger partial charge is 0.478 e. The number of β-amino-alcohol motifs (C(OH)–C–C–N with tert-alkyl or cyclic N) is 1. The molecule has 1 aliphatic heterocycles. The number of hydrogen-bond donors (Lipinski definition) is 6. The van der Waals surface area contributed by atoms with Crippen molar-refractivity contribution in [3.8, 4) is 0 Å². The molecule has 2 aromatic rings.